The van der Waals surface area contributed by atoms with Gasteiger partial charge in [0.25, 0.3) is 5.56 Å². The number of ether oxygens (including phenoxy) is 1. The maximum atomic E-state index is 12.8. The van der Waals surface area contributed by atoms with Crippen LogP contribution in [0.2, 0.25) is 0 Å². The summed E-state index contributed by atoms with van der Waals surface area (Å²) in [5.74, 6) is 0.508. The molecule has 28 heavy (non-hydrogen) atoms. The standard InChI is InChI=1S/C19H15N7O2/c1-10-16(12-5-3-4-8-20-12)19-21-14(9-15(27)26(19)24-10)11-6-7-13-17(18(11)28-2)23-25-22-13/h3-9,24H,1-2H3,(H,22,23,25). The number of nitrogens with one attached hydrogen (secondary N) is 2. The van der Waals surface area contributed by atoms with Gasteiger partial charge in [0, 0.05) is 23.5 Å². The topological polar surface area (TPSA) is 114 Å². The van der Waals surface area contributed by atoms with Gasteiger partial charge in [-0.1, -0.05) is 6.07 Å². The van der Waals surface area contributed by atoms with Crippen LogP contribution in [0.5, 0.6) is 5.75 Å². The van der Waals surface area contributed by atoms with E-state index in [9.17, 15) is 4.79 Å². The van der Waals surface area contributed by atoms with Gasteiger partial charge in [0.2, 0.25) is 0 Å². The molecule has 4 aromatic heterocycles. The molecule has 9 heteroatoms. The quantitative estimate of drug-likeness (QED) is 0.502. The highest BCUT2D eigenvalue weighted by atomic mass is 16.5. The van der Waals surface area contributed by atoms with Gasteiger partial charge in [-0.05, 0) is 31.2 Å². The molecule has 0 saturated carbocycles. The van der Waals surface area contributed by atoms with Gasteiger partial charge in [-0.2, -0.15) is 15.4 Å². The van der Waals surface area contributed by atoms with Crippen LogP contribution in [0.15, 0.2) is 47.4 Å². The molecule has 9 nitrogen and oxygen atoms in total. The Hall–Kier alpha value is -4.01. The molecule has 138 valence electrons. The van der Waals surface area contributed by atoms with Crippen LogP contribution >= 0.6 is 0 Å². The highest BCUT2D eigenvalue weighted by molar-refractivity contribution is 5.89. The number of benzene rings is 1. The van der Waals surface area contributed by atoms with Crippen molar-refractivity contribution in [1.29, 1.82) is 0 Å². The normalized spacial score (nSPS) is 11.4. The van der Waals surface area contributed by atoms with Gasteiger partial charge in [0.1, 0.15) is 5.52 Å². The fraction of sp³-hybridized carbons (Fsp3) is 0.105. The highest BCUT2D eigenvalue weighted by Gasteiger charge is 2.19. The van der Waals surface area contributed by atoms with E-state index in [1.165, 1.54) is 10.6 Å². The first-order valence-electron chi connectivity index (χ1n) is 8.59. The fourth-order valence-corrected chi connectivity index (χ4v) is 3.40. The van der Waals surface area contributed by atoms with E-state index in [1.807, 2.05) is 37.3 Å². The monoisotopic (exact) mass is 373 g/mol. The highest BCUT2D eigenvalue weighted by Crippen LogP contribution is 2.34. The summed E-state index contributed by atoms with van der Waals surface area (Å²) in [6, 6.07) is 10.7. The van der Waals surface area contributed by atoms with Crippen LogP contribution < -0.4 is 10.3 Å². The summed E-state index contributed by atoms with van der Waals surface area (Å²) in [5, 5.41) is 13.9. The Morgan fingerprint density at radius 3 is 2.79 bits per heavy atom. The second-order valence-corrected chi connectivity index (χ2v) is 6.30. The molecule has 0 amide bonds. The lowest BCUT2D eigenvalue weighted by Gasteiger charge is -2.08. The molecule has 0 fully saturated rings. The minimum absolute atomic E-state index is 0.229. The van der Waals surface area contributed by atoms with E-state index in [-0.39, 0.29) is 5.56 Å². The molecule has 1 aromatic carbocycles. The molecule has 0 aliphatic rings. The lowest BCUT2D eigenvalue weighted by Crippen LogP contribution is -2.14. The van der Waals surface area contributed by atoms with Gasteiger partial charge >= 0.3 is 0 Å². The number of methoxy groups -OCH3 is 1. The third-order valence-corrected chi connectivity index (χ3v) is 4.64. The van der Waals surface area contributed by atoms with Crippen LogP contribution in [-0.2, 0) is 0 Å². The minimum Gasteiger partial charge on any atom is -0.494 e. The van der Waals surface area contributed by atoms with Crippen LogP contribution in [0.3, 0.4) is 0 Å². The number of hydrogen-bond acceptors (Lipinski definition) is 6. The van der Waals surface area contributed by atoms with Gasteiger partial charge in [-0.3, -0.25) is 14.9 Å². The average Bonchev–Trinajstić information content (AvgIpc) is 3.31. The third-order valence-electron chi connectivity index (χ3n) is 4.64. The van der Waals surface area contributed by atoms with Crippen LogP contribution in [0.4, 0.5) is 0 Å². The molecule has 0 radical (unpaired) electrons. The summed E-state index contributed by atoms with van der Waals surface area (Å²) in [7, 11) is 1.55. The molecule has 0 spiro atoms. The molecule has 4 heterocycles. The zero-order valence-electron chi connectivity index (χ0n) is 15.1. The molecule has 0 bridgehead atoms. The van der Waals surface area contributed by atoms with Crippen molar-refractivity contribution in [2.75, 3.05) is 7.11 Å². The van der Waals surface area contributed by atoms with Crippen LogP contribution in [0.25, 0.3) is 39.2 Å². The summed E-state index contributed by atoms with van der Waals surface area (Å²) in [6.07, 6.45) is 1.71. The zero-order chi connectivity index (χ0) is 19.3. The molecular weight excluding hydrogens is 358 g/mol. The van der Waals surface area contributed by atoms with Gasteiger partial charge in [-0.25, -0.2) is 9.50 Å². The van der Waals surface area contributed by atoms with Crippen molar-refractivity contribution in [3.63, 3.8) is 0 Å². The number of fused-ring (bicyclic) bond motifs is 2. The van der Waals surface area contributed by atoms with Gasteiger partial charge in [0.05, 0.1) is 24.1 Å². The zero-order valence-corrected chi connectivity index (χ0v) is 15.1. The maximum absolute atomic E-state index is 12.8. The Kier molecular flexibility index (Phi) is 3.48. The number of aryl methyl sites for hydroxylation is 1. The first kappa shape index (κ1) is 16.2. The van der Waals surface area contributed by atoms with Crippen molar-refractivity contribution < 1.29 is 4.74 Å². The summed E-state index contributed by atoms with van der Waals surface area (Å²) in [4.78, 5) is 21.9. The third kappa shape index (κ3) is 2.29. The SMILES string of the molecule is COc1c(-c2cc(=O)n3[nH]c(C)c(-c4ccccn4)c3n2)ccc2n[nH]nc12. The van der Waals surface area contributed by atoms with Crippen molar-refractivity contribution >= 4 is 16.7 Å². The molecule has 5 aromatic rings. The Morgan fingerprint density at radius 2 is 2.00 bits per heavy atom. The molecular formula is C19H15N7O2. The van der Waals surface area contributed by atoms with E-state index < -0.39 is 0 Å². The number of pyridine rings is 1. The van der Waals surface area contributed by atoms with Crippen molar-refractivity contribution in [1.82, 2.24) is 35.0 Å². The molecule has 0 unspecified atom stereocenters. The van der Waals surface area contributed by atoms with E-state index in [0.29, 0.717) is 33.7 Å². The number of hydrogen-bond donors (Lipinski definition) is 2. The first-order valence-corrected chi connectivity index (χ1v) is 8.59. The van der Waals surface area contributed by atoms with Crippen molar-refractivity contribution in [3.05, 3.63) is 58.6 Å². The van der Waals surface area contributed by atoms with Crippen molar-refractivity contribution in [2.45, 2.75) is 6.92 Å². The summed E-state index contributed by atoms with van der Waals surface area (Å²) in [5.41, 5.74) is 5.00. The second-order valence-electron chi connectivity index (χ2n) is 6.30. The fourth-order valence-electron chi connectivity index (χ4n) is 3.40. The van der Waals surface area contributed by atoms with E-state index in [0.717, 1.165) is 17.0 Å². The van der Waals surface area contributed by atoms with E-state index >= 15 is 0 Å². The molecule has 2 N–H and O–H groups in total. The lowest BCUT2D eigenvalue weighted by molar-refractivity contribution is 0.420. The molecule has 0 saturated heterocycles. The van der Waals surface area contributed by atoms with Crippen LogP contribution in [0.1, 0.15) is 5.69 Å². The minimum atomic E-state index is -0.229. The lowest BCUT2D eigenvalue weighted by atomic mass is 10.1. The summed E-state index contributed by atoms with van der Waals surface area (Å²) >= 11 is 0. The average molecular weight is 373 g/mol. The van der Waals surface area contributed by atoms with Crippen LogP contribution in [-0.4, -0.2) is 42.1 Å². The van der Waals surface area contributed by atoms with E-state index in [1.54, 1.807) is 13.3 Å². The van der Waals surface area contributed by atoms with Crippen LogP contribution in [0, 0.1) is 6.92 Å². The predicted octanol–water partition coefficient (Wildman–Crippen LogP) is 2.34. The van der Waals surface area contributed by atoms with Gasteiger partial charge in [-0.15, -0.1) is 0 Å². The van der Waals surface area contributed by atoms with E-state index in [2.05, 4.69) is 25.5 Å². The largest absolute Gasteiger partial charge is 0.494 e. The number of nitrogens with zero attached hydrogens (tertiary/aromatic N) is 5. The summed E-state index contributed by atoms with van der Waals surface area (Å²) < 4.78 is 6.97. The van der Waals surface area contributed by atoms with Gasteiger partial charge in [0.15, 0.2) is 16.9 Å². The number of aromatic nitrogens is 7. The molecule has 0 aliphatic carbocycles. The molecule has 5 rings (SSSR count). The summed E-state index contributed by atoms with van der Waals surface area (Å²) in [6.45, 7) is 1.89. The second kappa shape index (κ2) is 6.02. The van der Waals surface area contributed by atoms with E-state index in [4.69, 9.17) is 9.72 Å². The Bertz CT molecular complexity index is 1380. The Morgan fingerprint density at radius 1 is 1.11 bits per heavy atom. The van der Waals surface area contributed by atoms with Gasteiger partial charge < -0.3 is 4.74 Å². The smallest absolute Gasteiger partial charge is 0.273 e. The number of aromatic amines is 2. The Labute approximate surface area is 158 Å². The van der Waals surface area contributed by atoms with Crippen molar-refractivity contribution in [3.8, 4) is 28.3 Å². The molecule has 0 aliphatic heterocycles. The molecule has 0 atom stereocenters. The Balaban J connectivity index is 1.82. The predicted molar refractivity (Wildman–Crippen MR) is 103 cm³/mol. The maximum Gasteiger partial charge on any atom is 0.273 e. The first-order chi connectivity index (χ1) is 13.7. The number of rotatable bonds is 3. The van der Waals surface area contributed by atoms with Crippen molar-refractivity contribution in [2.24, 2.45) is 0 Å². The number of H-pyrrole nitrogens is 2.